The highest BCUT2D eigenvalue weighted by Crippen LogP contribution is 2.17. The molecule has 0 fully saturated rings. The van der Waals surface area contributed by atoms with Gasteiger partial charge in [-0.3, -0.25) is 9.48 Å². The van der Waals surface area contributed by atoms with Crippen LogP contribution in [-0.2, 0) is 24.8 Å². The summed E-state index contributed by atoms with van der Waals surface area (Å²) in [7, 11) is 1.90. The van der Waals surface area contributed by atoms with Crippen molar-refractivity contribution in [2.75, 3.05) is 5.32 Å². The molecule has 7 heteroatoms. The molecule has 0 aromatic carbocycles. The summed E-state index contributed by atoms with van der Waals surface area (Å²) >= 11 is 1.41. The van der Waals surface area contributed by atoms with Gasteiger partial charge in [0.1, 0.15) is 0 Å². The lowest BCUT2D eigenvalue weighted by Crippen LogP contribution is -2.03. The van der Waals surface area contributed by atoms with Crippen LogP contribution < -0.4 is 5.32 Å². The molecule has 0 saturated heterocycles. The Balaban J connectivity index is 1.96. The van der Waals surface area contributed by atoms with Crippen LogP contribution in [0.4, 0.5) is 5.13 Å². The molecule has 0 unspecified atom stereocenters. The average molecular weight is 266 g/mol. The van der Waals surface area contributed by atoms with Crippen LogP contribution in [0.2, 0.25) is 0 Å². The lowest BCUT2D eigenvalue weighted by Gasteiger charge is -2.01. The van der Waals surface area contributed by atoms with Crippen LogP contribution >= 0.6 is 11.3 Å². The zero-order valence-electron chi connectivity index (χ0n) is 10.2. The molecule has 18 heavy (non-hydrogen) atoms. The molecule has 2 N–H and O–H groups in total. The van der Waals surface area contributed by atoms with Crippen molar-refractivity contribution in [2.24, 2.45) is 7.05 Å². The van der Waals surface area contributed by atoms with Crippen molar-refractivity contribution in [3.63, 3.8) is 0 Å². The first kappa shape index (κ1) is 12.6. The summed E-state index contributed by atoms with van der Waals surface area (Å²) in [6, 6.07) is 0. The van der Waals surface area contributed by atoms with Gasteiger partial charge < -0.3 is 10.4 Å². The van der Waals surface area contributed by atoms with Gasteiger partial charge >= 0.3 is 5.97 Å². The van der Waals surface area contributed by atoms with Crippen LogP contribution in [0.15, 0.2) is 11.6 Å². The minimum absolute atomic E-state index is 0.0376. The number of hydrogen-bond acceptors (Lipinski definition) is 5. The fraction of sp³-hybridized carbons (Fsp3) is 0.364. The number of carbonyl (C=O) groups is 1. The fourth-order valence-corrected chi connectivity index (χ4v) is 2.22. The Morgan fingerprint density at radius 3 is 3.00 bits per heavy atom. The monoisotopic (exact) mass is 266 g/mol. The van der Waals surface area contributed by atoms with Crippen molar-refractivity contribution in [1.29, 1.82) is 0 Å². The van der Waals surface area contributed by atoms with Gasteiger partial charge in [-0.25, -0.2) is 4.98 Å². The molecule has 6 nitrogen and oxygen atoms in total. The van der Waals surface area contributed by atoms with Crippen molar-refractivity contribution < 1.29 is 9.90 Å². The molecule has 0 aliphatic carbocycles. The minimum Gasteiger partial charge on any atom is -0.481 e. The number of carboxylic acids is 1. The largest absolute Gasteiger partial charge is 0.481 e. The van der Waals surface area contributed by atoms with Gasteiger partial charge in [0.2, 0.25) is 0 Å². The Hall–Kier alpha value is -1.89. The van der Waals surface area contributed by atoms with Gasteiger partial charge in [-0.2, -0.15) is 5.10 Å². The smallest absolute Gasteiger partial charge is 0.309 e. The highest BCUT2D eigenvalue weighted by Gasteiger charge is 2.07. The molecule has 2 heterocycles. The number of anilines is 1. The minimum atomic E-state index is -0.866. The van der Waals surface area contributed by atoms with E-state index < -0.39 is 5.97 Å². The second-order valence-corrected chi connectivity index (χ2v) is 4.80. The zero-order chi connectivity index (χ0) is 13.1. The first-order chi connectivity index (χ1) is 8.56. The van der Waals surface area contributed by atoms with E-state index in [0.717, 1.165) is 16.4 Å². The maximum Gasteiger partial charge on any atom is 0.309 e. The lowest BCUT2D eigenvalue weighted by atomic mass is 10.2. The molecule has 0 aliphatic heterocycles. The van der Waals surface area contributed by atoms with Gasteiger partial charge in [0.25, 0.3) is 0 Å². The summed E-state index contributed by atoms with van der Waals surface area (Å²) in [5, 5.41) is 18.5. The van der Waals surface area contributed by atoms with E-state index in [0.29, 0.717) is 12.2 Å². The average Bonchev–Trinajstić information content (AvgIpc) is 2.86. The molecule has 0 saturated carbocycles. The van der Waals surface area contributed by atoms with Gasteiger partial charge in [0.05, 0.1) is 18.3 Å². The number of hydrogen-bond donors (Lipinski definition) is 2. The third kappa shape index (κ3) is 2.86. The summed E-state index contributed by atoms with van der Waals surface area (Å²) in [5.41, 5.74) is 2.79. The van der Waals surface area contributed by atoms with Gasteiger partial charge in [0, 0.05) is 30.2 Å². The van der Waals surface area contributed by atoms with Crippen LogP contribution in [-0.4, -0.2) is 25.8 Å². The van der Waals surface area contributed by atoms with Gasteiger partial charge in [-0.15, -0.1) is 11.3 Å². The Kier molecular flexibility index (Phi) is 3.61. The van der Waals surface area contributed by atoms with Crippen molar-refractivity contribution in [3.05, 3.63) is 28.5 Å². The third-order valence-electron chi connectivity index (χ3n) is 2.65. The van der Waals surface area contributed by atoms with Crippen LogP contribution in [0.25, 0.3) is 0 Å². The Morgan fingerprint density at radius 1 is 1.61 bits per heavy atom. The van der Waals surface area contributed by atoms with Crippen LogP contribution in [0.1, 0.15) is 17.0 Å². The second kappa shape index (κ2) is 5.18. The van der Waals surface area contributed by atoms with E-state index in [1.807, 2.05) is 24.9 Å². The SMILES string of the molecule is Cc1c(CNc2nc(CC(=O)O)cs2)cnn1C. The summed E-state index contributed by atoms with van der Waals surface area (Å²) < 4.78 is 1.81. The van der Waals surface area contributed by atoms with Crippen molar-refractivity contribution in [1.82, 2.24) is 14.8 Å². The van der Waals surface area contributed by atoms with E-state index >= 15 is 0 Å². The normalized spacial score (nSPS) is 10.6. The van der Waals surface area contributed by atoms with E-state index in [1.165, 1.54) is 11.3 Å². The Morgan fingerprint density at radius 2 is 2.39 bits per heavy atom. The fourth-order valence-electron chi connectivity index (χ4n) is 1.51. The highest BCUT2D eigenvalue weighted by atomic mass is 32.1. The predicted octanol–water partition coefficient (Wildman–Crippen LogP) is 1.42. The van der Waals surface area contributed by atoms with E-state index in [-0.39, 0.29) is 6.42 Å². The summed E-state index contributed by atoms with van der Waals surface area (Å²) in [6.45, 7) is 2.64. The number of thiazole rings is 1. The first-order valence-corrected chi connectivity index (χ1v) is 6.32. The maximum absolute atomic E-state index is 10.5. The van der Waals surface area contributed by atoms with Crippen molar-refractivity contribution >= 4 is 22.4 Å². The van der Waals surface area contributed by atoms with Crippen LogP contribution in [0.3, 0.4) is 0 Å². The van der Waals surface area contributed by atoms with Gasteiger partial charge in [-0.05, 0) is 6.92 Å². The highest BCUT2D eigenvalue weighted by molar-refractivity contribution is 7.13. The Labute approximate surface area is 108 Å². The number of carboxylic acid groups (broad SMARTS) is 1. The molecule has 0 aliphatic rings. The standard InChI is InChI=1S/C11H14N4O2S/c1-7-8(5-13-15(7)2)4-12-11-14-9(6-18-11)3-10(16)17/h5-6H,3-4H2,1-2H3,(H,12,14)(H,16,17). The number of aromatic nitrogens is 3. The molecule has 0 atom stereocenters. The lowest BCUT2D eigenvalue weighted by molar-refractivity contribution is -0.136. The molecule has 2 aromatic heterocycles. The predicted molar refractivity (Wildman–Crippen MR) is 68.7 cm³/mol. The van der Waals surface area contributed by atoms with Gasteiger partial charge in [-0.1, -0.05) is 0 Å². The molecule has 0 bridgehead atoms. The van der Waals surface area contributed by atoms with Crippen molar-refractivity contribution in [2.45, 2.75) is 19.9 Å². The summed E-state index contributed by atoms with van der Waals surface area (Å²) in [4.78, 5) is 14.7. The molecule has 2 rings (SSSR count). The number of nitrogens with one attached hydrogen (secondary N) is 1. The summed E-state index contributed by atoms with van der Waals surface area (Å²) in [6.07, 6.45) is 1.78. The molecule has 2 aromatic rings. The molecule has 0 spiro atoms. The van der Waals surface area contributed by atoms with E-state index in [4.69, 9.17) is 5.11 Å². The summed E-state index contributed by atoms with van der Waals surface area (Å²) in [5.74, 6) is -0.866. The molecule has 0 amide bonds. The van der Waals surface area contributed by atoms with E-state index in [9.17, 15) is 4.79 Å². The molecule has 0 radical (unpaired) electrons. The van der Waals surface area contributed by atoms with Crippen molar-refractivity contribution in [3.8, 4) is 0 Å². The number of rotatable bonds is 5. The van der Waals surface area contributed by atoms with Crippen LogP contribution in [0, 0.1) is 6.92 Å². The zero-order valence-corrected chi connectivity index (χ0v) is 11.0. The number of aryl methyl sites for hydroxylation is 1. The van der Waals surface area contributed by atoms with Crippen LogP contribution in [0.5, 0.6) is 0 Å². The quantitative estimate of drug-likeness (QED) is 0.855. The molecule has 96 valence electrons. The first-order valence-electron chi connectivity index (χ1n) is 5.44. The third-order valence-corrected chi connectivity index (χ3v) is 3.50. The number of nitrogens with zero attached hydrogens (tertiary/aromatic N) is 3. The van der Waals surface area contributed by atoms with Gasteiger partial charge in [0.15, 0.2) is 5.13 Å². The second-order valence-electron chi connectivity index (χ2n) is 3.95. The molecular weight excluding hydrogens is 252 g/mol. The topological polar surface area (TPSA) is 80.0 Å². The van der Waals surface area contributed by atoms with E-state index in [1.54, 1.807) is 5.38 Å². The number of aliphatic carboxylic acids is 1. The maximum atomic E-state index is 10.5. The molecular formula is C11H14N4O2S. The van der Waals surface area contributed by atoms with E-state index in [2.05, 4.69) is 15.4 Å². The Bertz CT molecular complexity index is 561.